The number of hydrogen-bond donors (Lipinski definition) is 1. The first kappa shape index (κ1) is 13.8. The van der Waals surface area contributed by atoms with Crippen molar-refractivity contribution in [2.45, 2.75) is 37.2 Å². The van der Waals surface area contributed by atoms with E-state index in [4.69, 9.17) is 14.3 Å². The SMILES string of the molecule is O=C(O)c1coc(C2CN(C(=O)C34CCCC(CO3)C4)C2)n1. The lowest BCUT2D eigenvalue weighted by atomic mass is 9.79. The summed E-state index contributed by atoms with van der Waals surface area (Å²) < 4.78 is 11.1. The Labute approximate surface area is 127 Å². The molecule has 0 aromatic carbocycles. The van der Waals surface area contributed by atoms with Crippen molar-refractivity contribution >= 4 is 11.9 Å². The number of aromatic carboxylic acids is 1. The fourth-order valence-electron chi connectivity index (χ4n) is 3.82. The van der Waals surface area contributed by atoms with Crippen LogP contribution in [0.1, 0.15) is 48.0 Å². The number of carboxylic acids is 1. The number of hydrogen-bond acceptors (Lipinski definition) is 5. The minimum atomic E-state index is -1.10. The number of carboxylic acid groups (broad SMARTS) is 1. The van der Waals surface area contributed by atoms with E-state index in [9.17, 15) is 9.59 Å². The molecule has 118 valence electrons. The van der Waals surface area contributed by atoms with Gasteiger partial charge in [-0.25, -0.2) is 9.78 Å². The molecule has 1 amide bonds. The second-order valence-corrected chi connectivity index (χ2v) is 6.55. The van der Waals surface area contributed by atoms with Crippen LogP contribution < -0.4 is 0 Å². The molecule has 1 aliphatic carbocycles. The molecule has 2 atom stereocenters. The van der Waals surface area contributed by atoms with Crippen LogP contribution in [0.4, 0.5) is 0 Å². The highest BCUT2D eigenvalue weighted by Crippen LogP contribution is 2.44. The van der Waals surface area contributed by atoms with Crippen LogP contribution in [-0.2, 0) is 9.53 Å². The molecular weight excluding hydrogens is 288 g/mol. The van der Waals surface area contributed by atoms with E-state index >= 15 is 0 Å². The minimum absolute atomic E-state index is 0.0192. The van der Waals surface area contributed by atoms with Crippen molar-refractivity contribution in [3.63, 3.8) is 0 Å². The Morgan fingerprint density at radius 2 is 2.23 bits per heavy atom. The summed E-state index contributed by atoms with van der Waals surface area (Å²) >= 11 is 0. The molecule has 2 aliphatic heterocycles. The smallest absolute Gasteiger partial charge is 0.357 e. The number of amides is 1. The van der Waals surface area contributed by atoms with Gasteiger partial charge < -0.3 is 19.2 Å². The molecule has 0 radical (unpaired) electrons. The molecule has 2 unspecified atom stereocenters. The van der Waals surface area contributed by atoms with Crippen LogP contribution in [0.25, 0.3) is 0 Å². The molecule has 7 nitrogen and oxygen atoms in total. The Bertz CT molecular complexity index is 617. The summed E-state index contributed by atoms with van der Waals surface area (Å²) in [6.07, 6.45) is 5.01. The molecule has 1 N–H and O–H groups in total. The third-order valence-corrected chi connectivity index (χ3v) is 5.06. The van der Waals surface area contributed by atoms with E-state index in [0.717, 1.165) is 31.9 Å². The molecule has 3 heterocycles. The lowest BCUT2D eigenvalue weighted by Gasteiger charge is -2.43. The second-order valence-electron chi connectivity index (χ2n) is 6.55. The molecular formula is C15H18N2O5. The van der Waals surface area contributed by atoms with Gasteiger partial charge in [0.05, 0.1) is 12.5 Å². The summed E-state index contributed by atoms with van der Waals surface area (Å²) in [5, 5.41) is 8.85. The summed E-state index contributed by atoms with van der Waals surface area (Å²) in [5.41, 5.74) is -0.691. The number of oxazole rings is 1. The first-order chi connectivity index (χ1) is 10.6. The molecule has 2 saturated heterocycles. The largest absolute Gasteiger partial charge is 0.476 e. The number of rotatable bonds is 3. The first-order valence-electron chi connectivity index (χ1n) is 7.69. The molecule has 1 aromatic heterocycles. The lowest BCUT2D eigenvalue weighted by molar-refractivity contribution is -0.159. The van der Waals surface area contributed by atoms with Crippen LogP contribution in [0.2, 0.25) is 0 Å². The van der Waals surface area contributed by atoms with Gasteiger partial charge in [0.1, 0.15) is 11.9 Å². The highest BCUT2D eigenvalue weighted by atomic mass is 16.5. The predicted molar refractivity (Wildman–Crippen MR) is 73.4 cm³/mol. The summed E-state index contributed by atoms with van der Waals surface area (Å²) in [5.74, 6) is -0.119. The maximum atomic E-state index is 12.7. The topological polar surface area (TPSA) is 92.9 Å². The van der Waals surface area contributed by atoms with Crippen molar-refractivity contribution in [2.75, 3.05) is 19.7 Å². The van der Waals surface area contributed by atoms with E-state index < -0.39 is 11.6 Å². The van der Waals surface area contributed by atoms with Crippen molar-refractivity contribution in [3.8, 4) is 0 Å². The normalized spacial score (nSPS) is 31.1. The fraction of sp³-hybridized carbons (Fsp3) is 0.667. The maximum absolute atomic E-state index is 12.7. The van der Waals surface area contributed by atoms with E-state index in [1.807, 2.05) is 0 Å². The number of fused-ring (bicyclic) bond motifs is 2. The van der Waals surface area contributed by atoms with Gasteiger partial charge in [0.2, 0.25) is 5.89 Å². The Kier molecular flexibility index (Phi) is 3.00. The zero-order valence-corrected chi connectivity index (χ0v) is 12.2. The fourth-order valence-corrected chi connectivity index (χ4v) is 3.82. The first-order valence-corrected chi connectivity index (χ1v) is 7.69. The molecule has 4 rings (SSSR count). The Morgan fingerprint density at radius 1 is 1.41 bits per heavy atom. The van der Waals surface area contributed by atoms with Crippen LogP contribution in [0.5, 0.6) is 0 Å². The van der Waals surface area contributed by atoms with E-state index in [2.05, 4.69) is 4.98 Å². The summed E-state index contributed by atoms with van der Waals surface area (Å²) in [7, 11) is 0. The third-order valence-electron chi connectivity index (χ3n) is 5.06. The van der Waals surface area contributed by atoms with Gasteiger partial charge in [-0.2, -0.15) is 0 Å². The van der Waals surface area contributed by atoms with Crippen LogP contribution in [0.3, 0.4) is 0 Å². The third kappa shape index (κ3) is 2.03. The van der Waals surface area contributed by atoms with Gasteiger partial charge in [-0.1, -0.05) is 0 Å². The standard InChI is InChI=1S/C15H18N2O5/c18-13(19)11-8-21-12(16-11)10-5-17(6-10)14(20)15-3-1-2-9(4-15)7-22-15/h8-10H,1-7H2,(H,18,19). The van der Waals surface area contributed by atoms with E-state index in [1.165, 1.54) is 0 Å². The van der Waals surface area contributed by atoms with Crippen molar-refractivity contribution in [2.24, 2.45) is 5.92 Å². The Balaban J connectivity index is 1.40. The summed E-state index contributed by atoms with van der Waals surface area (Å²) in [6, 6.07) is 0. The van der Waals surface area contributed by atoms with Gasteiger partial charge in [-0.15, -0.1) is 0 Å². The molecule has 0 spiro atoms. The van der Waals surface area contributed by atoms with Crippen LogP contribution in [0.15, 0.2) is 10.7 Å². The Morgan fingerprint density at radius 3 is 2.95 bits per heavy atom. The molecule has 1 aromatic rings. The van der Waals surface area contributed by atoms with Crippen LogP contribution in [0, 0.1) is 5.92 Å². The van der Waals surface area contributed by atoms with E-state index in [-0.39, 0.29) is 17.5 Å². The molecule has 3 fully saturated rings. The van der Waals surface area contributed by atoms with Crippen molar-refractivity contribution in [1.29, 1.82) is 0 Å². The number of carbonyl (C=O) groups excluding carboxylic acids is 1. The highest BCUT2D eigenvalue weighted by molar-refractivity contribution is 5.87. The number of aromatic nitrogens is 1. The zero-order chi connectivity index (χ0) is 15.3. The monoisotopic (exact) mass is 306 g/mol. The number of ether oxygens (including phenoxy) is 1. The molecule has 7 heteroatoms. The van der Waals surface area contributed by atoms with Gasteiger partial charge >= 0.3 is 5.97 Å². The number of nitrogens with zero attached hydrogens (tertiary/aromatic N) is 2. The van der Waals surface area contributed by atoms with Crippen LogP contribution >= 0.6 is 0 Å². The van der Waals surface area contributed by atoms with E-state index in [0.29, 0.717) is 31.5 Å². The molecule has 2 bridgehead atoms. The lowest BCUT2D eigenvalue weighted by Crippen LogP contribution is -2.57. The maximum Gasteiger partial charge on any atom is 0.357 e. The van der Waals surface area contributed by atoms with Crippen molar-refractivity contribution < 1.29 is 23.8 Å². The number of likely N-dealkylation sites (tertiary alicyclic amines) is 1. The zero-order valence-electron chi connectivity index (χ0n) is 12.2. The molecule has 22 heavy (non-hydrogen) atoms. The molecule has 1 saturated carbocycles. The summed E-state index contributed by atoms with van der Waals surface area (Å²) in [4.78, 5) is 29.2. The quantitative estimate of drug-likeness (QED) is 0.903. The van der Waals surface area contributed by atoms with E-state index in [1.54, 1.807) is 4.90 Å². The van der Waals surface area contributed by atoms with Crippen LogP contribution in [-0.4, -0.2) is 52.2 Å². The van der Waals surface area contributed by atoms with Gasteiger partial charge in [-0.05, 0) is 31.6 Å². The van der Waals surface area contributed by atoms with Crippen molar-refractivity contribution in [1.82, 2.24) is 9.88 Å². The molecule has 3 aliphatic rings. The van der Waals surface area contributed by atoms with Gasteiger partial charge in [0.15, 0.2) is 5.69 Å². The van der Waals surface area contributed by atoms with Crippen molar-refractivity contribution in [3.05, 3.63) is 17.8 Å². The minimum Gasteiger partial charge on any atom is -0.476 e. The summed E-state index contributed by atoms with van der Waals surface area (Å²) in [6.45, 7) is 1.74. The second kappa shape index (κ2) is 4.81. The van der Waals surface area contributed by atoms with Gasteiger partial charge in [-0.3, -0.25) is 4.79 Å². The van der Waals surface area contributed by atoms with Gasteiger partial charge in [0.25, 0.3) is 5.91 Å². The Hall–Kier alpha value is -1.89. The predicted octanol–water partition coefficient (Wildman–Crippen LogP) is 1.26. The van der Waals surface area contributed by atoms with Gasteiger partial charge in [0, 0.05) is 13.1 Å². The highest BCUT2D eigenvalue weighted by Gasteiger charge is 2.52. The average molecular weight is 306 g/mol. The average Bonchev–Trinajstić information content (AvgIpc) is 3.03. The number of carbonyl (C=O) groups is 2.